The maximum Gasteiger partial charge on any atom is 0.265 e. The summed E-state index contributed by atoms with van der Waals surface area (Å²) in [5.41, 5.74) is 4.45. The second-order valence-corrected chi connectivity index (χ2v) is 8.44. The van der Waals surface area contributed by atoms with Gasteiger partial charge in [0.15, 0.2) is 0 Å². The molecule has 1 aliphatic heterocycles. The van der Waals surface area contributed by atoms with Gasteiger partial charge in [-0.15, -0.1) is 11.3 Å². The highest BCUT2D eigenvalue weighted by Gasteiger charge is 2.28. The number of hydrogen-bond donors (Lipinski definition) is 0. The highest BCUT2D eigenvalue weighted by molar-refractivity contribution is 7.17. The third-order valence-corrected chi connectivity index (χ3v) is 6.93. The first-order chi connectivity index (χ1) is 13.0. The molecule has 0 radical (unpaired) electrons. The number of aromatic nitrogens is 1. The maximum absolute atomic E-state index is 13.1. The van der Waals surface area contributed by atoms with Crippen LogP contribution in [-0.4, -0.2) is 52.9 Å². The number of likely N-dealkylation sites (tertiary alicyclic amines) is 1. The Labute approximate surface area is 167 Å². The van der Waals surface area contributed by atoms with Gasteiger partial charge in [-0.3, -0.25) is 4.79 Å². The number of piperidine rings is 1. The Hall–Kier alpha value is -1.72. The molecule has 27 heavy (non-hydrogen) atoms. The Morgan fingerprint density at radius 2 is 1.74 bits per heavy atom. The summed E-state index contributed by atoms with van der Waals surface area (Å²) in [6.07, 6.45) is 2.13. The van der Waals surface area contributed by atoms with Gasteiger partial charge in [0.05, 0.1) is 5.69 Å². The van der Waals surface area contributed by atoms with Gasteiger partial charge in [-0.1, -0.05) is 32.0 Å². The Morgan fingerprint density at radius 3 is 2.30 bits per heavy atom. The standard InChI is InChI=1S/C22H31N3OS/c1-6-24(7-2)18-11-13-25(14-12-18)22(26)20-17(5)23-21(27-20)19-15(3)9-8-10-16(19)4/h8-10,18H,6-7,11-14H2,1-5H3. The van der Waals surface area contributed by atoms with Crippen molar-refractivity contribution in [2.24, 2.45) is 0 Å². The lowest BCUT2D eigenvalue weighted by Crippen LogP contribution is -2.46. The molecule has 0 atom stereocenters. The fraction of sp³-hybridized carbons (Fsp3) is 0.545. The summed E-state index contributed by atoms with van der Waals surface area (Å²) in [5, 5.41) is 0.962. The molecular formula is C22H31N3OS. The van der Waals surface area contributed by atoms with E-state index in [1.165, 1.54) is 16.7 Å². The van der Waals surface area contributed by atoms with E-state index in [-0.39, 0.29) is 5.91 Å². The molecular weight excluding hydrogens is 354 g/mol. The van der Waals surface area contributed by atoms with Crippen LogP contribution in [0, 0.1) is 20.8 Å². The van der Waals surface area contributed by atoms with Crippen LogP contribution in [0.1, 0.15) is 53.2 Å². The van der Waals surface area contributed by atoms with Crippen LogP contribution in [0.4, 0.5) is 0 Å². The molecule has 0 spiro atoms. The number of thiazole rings is 1. The van der Waals surface area contributed by atoms with Crippen LogP contribution in [0.2, 0.25) is 0 Å². The largest absolute Gasteiger partial charge is 0.338 e. The summed E-state index contributed by atoms with van der Waals surface area (Å²) in [4.78, 5) is 23.2. The van der Waals surface area contributed by atoms with Crippen molar-refractivity contribution in [2.45, 2.75) is 53.5 Å². The van der Waals surface area contributed by atoms with Gasteiger partial charge in [-0.25, -0.2) is 4.98 Å². The summed E-state index contributed by atoms with van der Waals surface area (Å²) in [5.74, 6) is 0.153. The van der Waals surface area contributed by atoms with Gasteiger partial charge < -0.3 is 9.80 Å². The number of amides is 1. The molecule has 1 saturated heterocycles. The molecule has 1 aliphatic rings. The molecule has 0 bridgehead atoms. The number of hydrogen-bond acceptors (Lipinski definition) is 4. The van der Waals surface area contributed by atoms with Gasteiger partial charge >= 0.3 is 0 Å². The Balaban J connectivity index is 1.76. The van der Waals surface area contributed by atoms with E-state index < -0.39 is 0 Å². The summed E-state index contributed by atoms with van der Waals surface area (Å²) in [7, 11) is 0. The van der Waals surface area contributed by atoms with E-state index in [4.69, 9.17) is 4.98 Å². The first-order valence-electron chi connectivity index (χ1n) is 10.0. The van der Waals surface area contributed by atoms with Crippen LogP contribution >= 0.6 is 11.3 Å². The van der Waals surface area contributed by atoms with Crippen molar-refractivity contribution < 1.29 is 4.79 Å². The second kappa shape index (κ2) is 8.53. The zero-order valence-corrected chi connectivity index (χ0v) is 18.0. The van der Waals surface area contributed by atoms with E-state index in [1.807, 2.05) is 11.8 Å². The minimum absolute atomic E-state index is 0.153. The molecule has 1 fully saturated rings. The van der Waals surface area contributed by atoms with Crippen molar-refractivity contribution in [3.8, 4) is 10.6 Å². The summed E-state index contributed by atoms with van der Waals surface area (Å²) in [6.45, 7) is 14.5. The Bertz CT molecular complexity index is 782. The van der Waals surface area contributed by atoms with Gasteiger partial charge in [0.1, 0.15) is 9.88 Å². The maximum atomic E-state index is 13.1. The molecule has 2 heterocycles. The van der Waals surface area contributed by atoms with Crippen LogP contribution in [0.25, 0.3) is 10.6 Å². The van der Waals surface area contributed by atoms with Gasteiger partial charge in [0.2, 0.25) is 0 Å². The predicted molar refractivity (Wildman–Crippen MR) is 114 cm³/mol. The number of rotatable bonds is 5. The van der Waals surface area contributed by atoms with Crippen LogP contribution in [-0.2, 0) is 0 Å². The lowest BCUT2D eigenvalue weighted by molar-refractivity contribution is 0.0635. The lowest BCUT2D eigenvalue weighted by atomic mass is 10.0. The number of nitrogens with zero attached hydrogens (tertiary/aromatic N) is 3. The Kier molecular flexibility index (Phi) is 6.33. The summed E-state index contributed by atoms with van der Waals surface area (Å²) >= 11 is 1.55. The average molecular weight is 386 g/mol. The summed E-state index contributed by atoms with van der Waals surface area (Å²) in [6, 6.07) is 6.90. The number of benzene rings is 1. The van der Waals surface area contributed by atoms with E-state index in [0.29, 0.717) is 6.04 Å². The van der Waals surface area contributed by atoms with E-state index in [1.54, 1.807) is 11.3 Å². The molecule has 1 aromatic carbocycles. The Morgan fingerprint density at radius 1 is 1.15 bits per heavy atom. The zero-order chi connectivity index (χ0) is 19.6. The van der Waals surface area contributed by atoms with Crippen LogP contribution in [0.5, 0.6) is 0 Å². The van der Waals surface area contributed by atoms with Crippen LogP contribution < -0.4 is 0 Å². The molecule has 1 aromatic heterocycles. The van der Waals surface area contributed by atoms with Gasteiger partial charge in [0.25, 0.3) is 5.91 Å². The number of carbonyl (C=O) groups excluding carboxylic acids is 1. The normalized spacial score (nSPS) is 15.6. The van der Waals surface area contributed by atoms with Gasteiger partial charge in [-0.2, -0.15) is 0 Å². The molecule has 4 nitrogen and oxygen atoms in total. The van der Waals surface area contributed by atoms with Crippen molar-refractivity contribution in [1.29, 1.82) is 0 Å². The van der Waals surface area contributed by atoms with Gasteiger partial charge in [-0.05, 0) is 57.8 Å². The van der Waals surface area contributed by atoms with E-state index in [9.17, 15) is 4.79 Å². The quantitative estimate of drug-likeness (QED) is 0.750. The number of carbonyl (C=O) groups is 1. The molecule has 0 saturated carbocycles. The third-order valence-electron chi connectivity index (χ3n) is 5.77. The topological polar surface area (TPSA) is 36.4 Å². The average Bonchev–Trinajstić information content (AvgIpc) is 3.04. The van der Waals surface area contributed by atoms with Crippen molar-refractivity contribution in [3.05, 3.63) is 39.9 Å². The zero-order valence-electron chi connectivity index (χ0n) is 17.2. The minimum atomic E-state index is 0.153. The van der Waals surface area contributed by atoms with Crippen molar-refractivity contribution in [1.82, 2.24) is 14.8 Å². The third kappa shape index (κ3) is 4.09. The molecule has 2 aromatic rings. The van der Waals surface area contributed by atoms with Crippen molar-refractivity contribution in [3.63, 3.8) is 0 Å². The summed E-state index contributed by atoms with van der Waals surface area (Å²) < 4.78 is 0. The lowest BCUT2D eigenvalue weighted by Gasteiger charge is -2.37. The molecule has 0 unspecified atom stereocenters. The molecule has 5 heteroatoms. The fourth-order valence-corrected chi connectivity index (χ4v) is 5.38. The first-order valence-corrected chi connectivity index (χ1v) is 10.8. The second-order valence-electron chi connectivity index (χ2n) is 7.44. The highest BCUT2D eigenvalue weighted by atomic mass is 32.1. The molecule has 0 N–H and O–H groups in total. The predicted octanol–water partition coefficient (Wildman–Crippen LogP) is 4.68. The molecule has 3 rings (SSSR count). The first kappa shape index (κ1) is 20.0. The van der Waals surface area contributed by atoms with E-state index >= 15 is 0 Å². The van der Waals surface area contributed by atoms with Crippen LogP contribution in [0.15, 0.2) is 18.2 Å². The van der Waals surface area contributed by atoms with Crippen molar-refractivity contribution in [2.75, 3.05) is 26.2 Å². The van der Waals surface area contributed by atoms with Crippen LogP contribution in [0.3, 0.4) is 0 Å². The van der Waals surface area contributed by atoms with E-state index in [2.05, 4.69) is 50.8 Å². The molecule has 146 valence electrons. The monoisotopic (exact) mass is 385 g/mol. The smallest absolute Gasteiger partial charge is 0.265 e. The highest BCUT2D eigenvalue weighted by Crippen LogP contribution is 2.33. The minimum Gasteiger partial charge on any atom is -0.338 e. The SMILES string of the molecule is CCN(CC)C1CCN(C(=O)c2sc(-c3c(C)cccc3C)nc2C)CC1. The van der Waals surface area contributed by atoms with E-state index in [0.717, 1.165) is 54.6 Å². The molecule has 1 amide bonds. The molecule has 0 aliphatic carbocycles. The fourth-order valence-electron chi connectivity index (χ4n) is 4.17. The van der Waals surface area contributed by atoms with Crippen molar-refractivity contribution >= 4 is 17.2 Å². The number of aryl methyl sites for hydroxylation is 3. The van der Waals surface area contributed by atoms with Gasteiger partial charge in [0, 0.05) is 24.7 Å².